The Balaban J connectivity index is 1.92. The number of imidazole rings is 1. The third kappa shape index (κ3) is 2.43. The summed E-state index contributed by atoms with van der Waals surface area (Å²) in [7, 11) is 0. The first-order chi connectivity index (χ1) is 9.52. The largest absolute Gasteiger partial charge is 0.366 e. The Morgan fingerprint density at radius 3 is 3.10 bits per heavy atom. The Hall–Kier alpha value is -1.82. The standard InChI is InChI=1S/C13H16ClN5O/c1-8-6-19-13(15-8)11(5-12(14)17-19)18-4-3-10(7-18)16-9(2)20/h5-6,10H,3-4,7H2,1-2H3,(H,16,20)/t10-/m0/s1. The van der Waals surface area contributed by atoms with E-state index in [4.69, 9.17) is 11.6 Å². The minimum atomic E-state index is 0.00594. The third-order valence-electron chi connectivity index (χ3n) is 3.43. The van der Waals surface area contributed by atoms with E-state index < -0.39 is 0 Å². The summed E-state index contributed by atoms with van der Waals surface area (Å²) in [6, 6.07) is 2.01. The van der Waals surface area contributed by atoms with E-state index in [2.05, 4.69) is 20.3 Å². The van der Waals surface area contributed by atoms with Gasteiger partial charge in [-0.15, -0.1) is 0 Å². The van der Waals surface area contributed by atoms with Crippen molar-refractivity contribution in [2.75, 3.05) is 18.0 Å². The van der Waals surface area contributed by atoms with E-state index in [-0.39, 0.29) is 11.9 Å². The summed E-state index contributed by atoms with van der Waals surface area (Å²) in [6.45, 7) is 5.10. The number of amides is 1. The smallest absolute Gasteiger partial charge is 0.217 e. The van der Waals surface area contributed by atoms with E-state index in [1.54, 1.807) is 11.4 Å². The number of hydrogen-bond acceptors (Lipinski definition) is 4. The van der Waals surface area contributed by atoms with E-state index in [1.165, 1.54) is 0 Å². The first-order valence-electron chi connectivity index (χ1n) is 6.57. The summed E-state index contributed by atoms with van der Waals surface area (Å²) < 4.78 is 1.71. The van der Waals surface area contributed by atoms with Crippen LogP contribution < -0.4 is 10.2 Å². The monoisotopic (exact) mass is 293 g/mol. The Kier molecular flexibility index (Phi) is 3.25. The molecule has 106 valence electrons. The summed E-state index contributed by atoms with van der Waals surface area (Å²) in [4.78, 5) is 17.8. The summed E-state index contributed by atoms with van der Waals surface area (Å²) >= 11 is 6.08. The molecule has 0 aliphatic carbocycles. The van der Waals surface area contributed by atoms with Crippen molar-refractivity contribution in [3.63, 3.8) is 0 Å². The first-order valence-corrected chi connectivity index (χ1v) is 6.95. The number of rotatable bonds is 2. The van der Waals surface area contributed by atoms with Gasteiger partial charge in [0, 0.05) is 32.1 Å². The topological polar surface area (TPSA) is 62.5 Å². The van der Waals surface area contributed by atoms with Crippen LogP contribution >= 0.6 is 11.6 Å². The number of aryl methyl sites for hydroxylation is 1. The number of halogens is 1. The van der Waals surface area contributed by atoms with Crippen molar-refractivity contribution < 1.29 is 4.79 Å². The van der Waals surface area contributed by atoms with Gasteiger partial charge in [-0.3, -0.25) is 4.79 Å². The van der Waals surface area contributed by atoms with Gasteiger partial charge in [0.15, 0.2) is 10.8 Å². The Morgan fingerprint density at radius 2 is 2.35 bits per heavy atom. The zero-order valence-electron chi connectivity index (χ0n) is 11.4. The number of carbonyl (C=O) groups excluding carboxylic acids is 1. The molecular formula is C13H16ClN5O. The zero-order valence-corrected chi connectivity index (χ0v) is 12.2. The van der Waals surface area contributed by atoms with E-state index in [1.807, 2.05) is 19.2 Å². The predicted molar refractivity (Wildman–Crippen MR) is 77.2 cm³/mol. The number of anilines is 1. The van der Waals surface area contributed by atoms with Gasteiger partial charge in [0.05, 0.1) is 17.6 Å². The van der Waals surface area contributed by atoms with Crippen molar-refractivity contribution in [1.29, 1.82) is 0 Å². The summed E-state index contributed by atoms with van der Waals surface area (Å²) in [5.74, 6) is 0.00594. The van der Waals surface area contributed by atoms with Gasteiger partial charge in [0.2, 0.25) is 5.91 Å². The highest BCUT2D eigenvalue weighted by molar-refractivity contribution is 6.29. The van der Waals surface area contributed by atoms with E-state index in [0.29, 0.717) is 5.15 Å². The molecule has 1 N–H and O–H groups in total. The fraction of sp³-hybridized carbons (Fsp3) is 0.462. The lowest BCUT2D eigenvalue weighted by Gasteiger charge is -2.19. The third-order valence-corrected chi connectivity index (χ3v) is 3.62. The normalized spacial score (nSPS) is 18.8. The summed E-state index contributed by atoms with van der Waals surface area (Å²) in [5, 5.41) is 7.61. The summed E-state index contributed by atoms with van der Waals surface area (Å²) in [6.07, 6.45) is 2.78. The SMILES string of the molecule is CC(=O)N[C@H]1CCN(c2cc(Cl)nn3cc(C)nc23)C1. The van der Waals surface area contributed by atoms with Crippen molar-refractivity contribution in [2.24, 2.45) is 0 Å². The van der Waals surface area contributed by atoms with E-state index in [0.717, 1.165) is 36.5 Å². The maximum absolute atomic E-state index is 11.1. The Bertz CT molecular complexity index is 668. The molecule has 0 bridgehead atoms. The lowest BCUT2D eigenvalue weighted by Crippen LogP contribution is -2.35. The minimum absolute atomic E-state index is 0.00594. The number of fused-ring (bicyclic) bond motifs is 1. The molecule has 0 saturated carbocycles. The van der Waals surface area contributed by atoms with Gasteiger partial charge in [-0.1, -0.05) is 11.6 Å². The molecule has 7 heteroatoms. The van der Waals surface area contributed by atoms with Crippen LogP contribution in [0.25, 0.3) is 5.65 Å². The van der Waals surface area contributed by atoms with Crippen LogP contribution in [0.4, 0.5) is 5.69 Å². The molecular weight excluding hydrogens is 278 g/mol. The lowest BCUT2D eigenvalue weighted by molar-refractivity contribution is -0.119. The van der Waals surface area contributed by atoms with Crippen LogP contribution in [0, 0.1) is 6.92 Å². The van der Waals surface area contributed by atoms with Crippen molar-refractivity contribution in [3.8, 4) is 0 Å². The zero-order chi connectivity index (χ0) is 14.3. The molecule has 1 atom stereocenters. The van der Waals surface area contributed by atoms with Gasteiger partial charge in [0.25, 0.3) is 0 Å². The van der Waals surface area contributed by atoms with Crippen LogP contribution in [0.15, 0.2) is 12.3 Å². The number of carbonyl (C=O) groups is 1. The van der Waals surface area contributed by atoms with Crippen molar-refractivity contribution in [3.05, 3.63) is 23.1 Å². The molecule has 0 unspecified atom stereocenters. The molecule has 2 aromatic rings. The molecule has 3 heterocycles. The van der Waals surface area contributed by atoms with Crippen molar-refractivity contribution in [2.45, 2.75) is 26.3 Å². The molecule has 1 aliphatic heterocycles. The van der Waals surface area contributed by atoms with Crippen LogP contribution in [0.2, 0.25) is 5.15 Å². The number of hydrogen-bond donors (Lipinski definition) is 1. The molecule has 6 nitrogen and oxygen atoms in total. The average molecular weight is 294 g/mol. The van der Waals surface area contributed by atoms with Crippen LogP contribution in [0.5, 0.6) is 0 Å². The summed E-state index contributed by atoms with van der Waals surface area (Å²) in [5.41, 5.74) is 2.67. The van der Waals surface area contributed by atoms with Crippen LogP contribution in [0.3, 0.4) is 0 Å². The average Bonchev–Trinajstić information content (AvgIpc) is 2.93. The number of nitrogens with one attached hydrogen (secondary N) is 1. The molecule has 1 fully saturated rings. The minimum Gasteiger partial charge on any atom is -0.366 e. The first kappa shape index (κ1) is 13.2. The number of aromatic nitrogens is 3. The number of nitrogens with zero attached hydrogens (tertiary/aromatic N) is 4. The van der Waals surface area contributed by atoms with Gasteiger partial charge in [-0.05, 0) is 13.3 Å². The maximum atomic E-state index is 11.1. The predicted octanol–water partition coefficient (Wildman–Crippen LogP) is 1.41. The molecule has 1 amide bonds. The Labute approximate surface area is 121 Å². The van der Waals surface area contributed by atoms with Crippen molar-refractivity contribution >= 4 is 28.8 Å². The van der Waals surface area contributed by atoms with Crippen LogP contribution in [-0.4, -0.2) is 39.6 Å². The second-order valence-electron chi connectivity index (χ2n) is 5.13. The van der Waals surface area contributed by atoms with Gasteiger partial charge in [-0.25, -0.2) is 9.50 Å². The molecule has 2 aromatic heterocycles. The second-order valence-corrected chi connectivity index (χ2v) is 5.52. The molecule has 0 spiro atoms. The molecule has 1 aliphatic rings. The van der Waals surface area contributed by atoms with E-state index in [9.17, 15) is 4.79 Å². The van der Waals surface area contributed by atoms with Crippen molar-refractivity contribution in [1.82, 2.24) is 19.9 Å². The van der Waals surface area contributed by atoms with Gasteiger partial charge >= 0.3 is 0 Å². The molecule has 3 rings (SSSR count). The van der Waals surface area contributed by atoms with Gasteiger partial charge in [-0.2, -0.15) is 5.10 Å². The maximum Gasteiger partial charge on any atom is 0.217 e. The highest BCUT2D eigenvalue weighted by atomic mass is 35.5. The highest BCUT2D eigenvalue weighted by Gasteiger charge is 2.25. The quantitative estimate of drug-likeness (QED) is 0.909. The lowest BCUT2D eigenvalue weighted by atomic mass is 10.2. The molecule has 0 aromatic carbocycles. The Morgan fingerprint density at radius 1 is 1.55 bits per heavy atom. The molecule has 0 radical (unpaired) electrons. The van der Waals surface area contributed by atoms with Gasteiger partial charge < -0.3 is 10.2 Å². The fourth-order valence-corrected chi connectivity index (χ4v) is 2.85. The van der Waals surface area contributed by atoms with Crippen LogP contribution in [-0.2, 0) is 4.79 Å². The van der Waals surface area contributed by atoms with Crippen LogP contribution in [0.1, 0.15) is 19.0 Å². The van der Waals surface area contributed by atoms with Gasteiger partial charge in [0.1, 0.15) is 0 Å². The second kappa shape index (κ2) is 4.94. The highest BCUT2D eigenvalue weighted by Crippen LogP contribution is 2.27. The van der Waals surface area contributed by atoms with E-state index >= 15 is 0 Å². The molecule has 1 saturated heterocycles. The molecule has 20 heavy (non-hydrogen) atoms. The fourth-order valence-electron chi connectivity index (χ4n) is 2.66.